The standard InChI is InChI=1S/C30H50O6/c1-17(14-21(32)24(33)26(4,5)34)18-8-10-27(6)19(18)15-20(31)23-28(27,7)11-9-22-25(2,3)30(35)13-12-29(22,23)16-36-30/h14,18-24,31-35H,8-13,15-16H2,1-7H3/b17-14+/t18-,19?,20-,21+,22?,23?,24?,27-,28-,29-,30-/m1/s1. The summed E-state index contributed by atoms with van der Waals surface area (Å²) in [5, 5.41) is 54.4. The van der Waals surface area contributed by atoms with Crippen LogP contribution in [-0.2, 0) is 4.74 Å². The van der Waals surface area contributed by atoms with Crippen molar-refractivity contribution < 1.29 is 30.3 Å². The average Bonchev–Trinajstić information content (AvgIpc) is 3.11. The second-order valence-corrected chi connectivity index (χ2v) is 15.0. The van der Waals surface area contributed by atoms with E-state index in [2.05, 4.69) is 27.7 Å². The van der Waals surface area contributed by atoms with Crippen molar-refractivity contribution in [1.82, 2.24) is 0 Å². The molecule has 4 aliphatic carbocycles. The molecule has 0 aromatic carbocycles. The lowest BCUT2D eigenvalue weighted by molar-refractivity contribution is -0.404. The molecule has 2 heterocycles. The highest BCUT2D eigenvalue weighted by molar-refractivity contribution is 5.25. The van der Waals surface area contributed by atoms with Gasteiger partial charge in [0.15, 0.2) is 5.79 Å². The third-order valence-electron chi connectivity index (χ3n) is 12.9. The number of fused-ring (bicyclic) bond motifs is 5. The van der Waals surface area contributed by atoms with Gasteiger partial charge in [-0.3, -0.25) is 0 Å². The minimum Gasteiger partial charge on any atom is -0.393 e. The molecule has 4 unspecified atom stereocenters. The van der Waals surface area contributed by atoms with Crippen LogP contribution in [0.5, 0.6) is 0 Å². The van der Waals surface area contributed by atoms with Gasteiger partial charge >= 0.3 is 0 Å². The van der Waals surface area contributed by atoms with Crippen LogP contribution >= 0.6 is 0 Å². The van der Waals surface area contributed by atoms with E-state index >= 15 is 0 Å². The third kappa shape index (κ3) is 3.30. The van der Waals surface area contributed by atoms with Gasteiger partial charge in [0, 0.05) is 17.3 Å². The van der Waals surface area contributed by atoms with E-state index in [1.54, 1.807) is 6.08 Å². The molecule has 5 N–H and O–H groups in total. The Balaban J connectivity index is 1.47. The molecule has 206 valence electrons. The number of hydrogen-bond acceptors (Lipinski definition) is 6. The molecule has 6 rings (SSSR count). The van der Waals surface area contributed by atoms with Gasteiger partial charge in [0.1, 0.15) is 12.2 Å². The van der Waals surface area contributed by atoms with Crippen LogP contribution in [0.3, 0.4) is 0 Å². The average molecular weight is 507 g/mol. The van der Waals surface area contributed by atoms with Gasteiger partial charge in [0.25, 0.3) is 0 Å². The molecule has 0 amide bonds. The molecule has 4 saturated carbocycles. The molecule has 6 aliphatic rings. The van der Waals surface area contributed by atoms with Crippen molar-refractivity contribution in [3.8, 4) is 0 Å². The zero-order valence-corrected chi connectivity index (χ0v) is 23.4. The zero-order valence-electron chi connectivity index (χ0n) is 23.4. The van der Waals surface area contributed by atoms with E-state index in [1.807, 2.05) is 6.92 Å². The minimum absolute atomic E-state index is 0.0433. The van der Waals surface area contributed by atoms with Gasteiger partial charge in [0.05, 0.1) is 18.3 Å². The normalized spacial score (nSPS) is 51.8. The summed E-state index contributed by atoms with van der Waals surface area (Å²) in [5.41, 5.74) is -0.779. The SMILES string of the molecule is C/C(=C\[C@H](O)C(O)C(C)(C)O)[C@H]1CC[C@]2(C)C1C[C@@H](O)C1[C@]34CC[C@@](O)(OC3)C(C)(C)C4CC[C@]12C. The Morgan fingerprint density at radius 3 is 2.22 bits per heavy atom. The van der Waals surface area contributed by atoms with E-state index in [9.17, 15) is 25.5 Å². The first-order chi connectivity index (χ1) is 16.4. The summed E-state index contributed by atoms with van der Waals surface area (Å²) in [6.45, 7) is 14.8. The van der Waals surface area contributed by atoms with E-state index < -0.39 is 29.7 Å². The van der Waals surface area contributed by atoms with E-state index in [4.69, 9.17) is 4.74 Å². The summed E-state index contributed by atoms with van der Waals surface area (Å²) in [4.78, 5) is 0. The van der Waals surface area contributed by atoms with Crippen LogP contribution in [0.2, 0.25) is 0 Å². The molecule has 0 aromatic rings. The Hall–Kier alpha value is -0.500. The fourth-order valence-electron chi connectivity index (χ4n) is 10.6. The van der Waals surface area contributed by atoms with Crippen LogP contribution in [0.4, 0.5) is 0 Å². The second-order valence-electron chi connectivity index (χ2n) is 15.0. The highest BCUT2D eigenvalue weighted by atomic mass is 16.6. The van der Waals surface area contributed by atoms with Crippen molar-refractivity contribution in [2.75, 3.05) is 6.61 Å². The summed E-state index contributed by atoms with van der Waals surface area (Å²) in [6.07, 6.45) is 5.37. The van der Waals surface area contributed by atoms with Gasteiger partial charge in [0.2, 0.25) is 0 Å². The van der Waals surface area contributed by atoms with Crippen LogP contribution in [0.1, 0.15) is 93.4 Å². The van der Waals surface area contributed by atoms with Crippen LogP contribution in [0.25, 0.3) is 0 Å². The van der Waals surface area contributed by atoms with Crippen molar-refractivity contribution >= 4 is 0 Å². The fraction of sp³-hybridized carbons (Fsp3) is 0.933. The molecular formula is C30H50O6. The summed E-state index contributed by atoms with van der Waals surface area (Å²) < 4.78 is 6.24. The van der Waals surface area contributed by atoms with Crippen molar-refractivity contribution in [2.45, 2.75) is 123 Å². The Labute approximate surface area is 217 Å². The van der Waals surface area contributed by atoms with E-state index in [-0.39, 0.29) is 33.5 Å². The van der Waals surface area contributed by atoms with Gasteiger partial charge < -0.3 is 30.3 Å². The van der Waals surface area contributed by atoms with Gasteiger partial charge in [-0.25, -0.2) is 0 Å². The molecule has 11 atom stereocenters. The fourth-order valence-corrected chi connectivity index (χ4v) is 10.6. The van der Waals surface area contributed by atoms with E-state index in [0.717, 1.165) is 44.1 Å². The van der Waals surface area contributed by atoms with Gasteiger partial charge in [-0.1, -0.05) is 39.3 Å². The summed E-state index contributed by atoms with van der Waals surface area (Å²) >= 11 is 0. The number of allylic oxidation sites excluding steroid dienone is 1. The minimum atomic E-state index is -1.39. The maximum atomic E-state index is 11.9. The quantitative estimate of drug-likeness (QED) is 0.371. The molecule has 0 aromatic heterocycles. The van der Waals surface area contributed by atoms with Crippen molar-refractivity contribution in [1.29, 1.82) is 0 Å². The topological polar surface area (TPSA) is 110 Å². The molecule has 2 aliphatic heterocycles. The third-order valence-corrected chi connectivity index (χ3v) is 12.9. The first-order valence-electron chi connectivity index (χ1n) is 14.3. The summed E-state index contributed by atoms with van der Waals surface area (Å²) in [7, 11) is 0. The number of aliphatic hydroxyl groups excluding tert-OH is 3. The predicted octanol–water partition coefficient (Wildman–Crippen LogP) is 3.78. The molecule has 2 saturated heterocycles. The Bertz CT molecular complexity index is 911. The molecular weight excluding hydrogens is 456 g/mol. The van der Waals surface area contributed by atoms with Crippen LogP contribution < -0.4 is 0 Å². The highest BCUT2D eigenvalue weighted by Gasteiger charge is 2.75. The lowest BCUT2D eigenvalue weighted by Crippen LogP contribution is -2.75. The Morgan fingerprint density at radius 1 is 1.00 bits per heavy atom. The number of aliphatic hydroxyl groups is 5. The molecule has 6 heteroatoms. The Morgan fingerprint density at radius 2 is 1.64 bits per heavy atom. The molecule has 2 bridgehead atoms. The molecule has 6 fully saturated rings. The lowest BCUT2D eigenvalue weighted by Gasteiger charge is -2.74. The zero-order chi connectivity index (χ0) is 26.7. The Kier molecular flexibility index (Phi) is 6.03. The first-order valence-corrected chi connectivity index (χ1v) is 14.3. The van der Waals surface area contributed by atoms with Crippen molar-refractivity contribution in [3.05, 3.63) is 11.6 Å². The van der Waals surface area contributed by atoms with Crippen molar-refractivity contribution in [3.63, 3.8) is 0 Å². The predicted molar refractivity (Wildman–Crippen MR) is 138 cm³/mol. The molecule has 0 radical (unpaired) electrons. The van der Waals surface area contributed by atoms with Crippen LogP contribution in [0.15, 0.2) is 11.6 Å². The smallest absolute Gasteiger partial charge is 0.170 e. The number of ether oxygens (including phenoxy) is 1. The summed E-state index contributed by atoms with van der Waals surface area (Å²) in [5.74, 6) is -0.0598. The molecule has 36 heavy (non-hydrogen) atoms. The maximum Gasteiger partial charge on any atom is 0.170 e. The van der Waals surface area contributed by atoms with Crippen LogP contribution in [-0.4, -0.2) is 61.8 Å². The number of rotatable bonds is 4. The maximum absolute atomic E-state index is 11.9. The van der Waals surface area contributed by atoms with Crippen molar-refractivity contribution in [2.24, 2.45) is 45.3 Å². The molecule has 6 nitrogen and oxygen atoms in total. The largest absolute Gasteiger partial charge is 0.393 e. The second kappa shape index (κ2) is 8.02. The van der Waals surface area contributed by atoms with Gasteiger partial charge in [-0.2, -0.15) is 0 Å². The van der Waals surface area contributed by atoms with Gasteiger partial charge in [-0.15, -0.1) is 0 Å². The highest BCUT2D eigenvalue weighted by Crippen LogP contribution is 2.77. The van der Waals surface area contributed by atoms with E-state index in [0.29, 0.717) is 24.9 Å². The monoisotopic (exact) mass is 506 g/mol. The van der Waals surface area contributed by atoms with Crippen LogP contribution in [0, 0.1) is 45.3 Å². The van der Waals surface area contributed by atoms with E-state index in [1.165, 1.54) is 13.8 Å². The van der Waals surface area contributed by atoms with Gasteiger partial charge in [-0.05, 0) is 93.8 Å². The molecule has 1 spiro atoms. The first kappa shape index (κ1) is 27.1. The summed E-state index contributed by atoms with van der Waals surface area (Å²) in [6, 6.07) is 0. The lowest BCUT2D eigenvalue weighted by atomic mass is 9.33. The number of hydrogen-bond donors (Lipinski definition) is 5.